The Morgan fingerprint density at radius 3 is 2.67 bits per heavy atom. The van der Waals surface area contributed by atoms with E-state index >= 15 is 0 Å². The number of hydrogen-bond acceptors (Lipinski definition) is 4. The average molecular weight is 251 g/mol. The maximum atomic E-state index is 12.1. The summed E-state index contributed by atoms with van der Waals surface area (Å²) in [6.07, 6.45) is 3.15. The summed E-state index contributed by atoms with van der Waals surface area (Å²) < 4.78 is 4.95. The lowest BCUT2D eigenvalue weighted by atomic mass is 9.80. The standard InChI is InChI=1S/C13H17NO4/c1-3-18-13(17)10-8-6-4-5-7-9(8)11(15)14(2)12(10)16/h10H,3-7H2,1-2H3. The molecule has 0 saturated carbocycles. The van der Waals surface area contributed by atoms with Gasteiger partial charge in [0.1, 0.15) is 0 Å². The van der Waals surface area contributed by atoms with Gasteiger partial charge in [0, 0.05) is 12.6 Å². The molecule has 1 aliphatic carbocycles. The van der Waals surface area contributed by atoms with E-state index in [1.54, 1.807) is 6.92 Å². The highest BCUT2D eigenvalue weighted by Crippen LogP contribution is 2.36. The maximum Gasteiger partial charge on any atom is 0.322 e. The summed E-state index contributed by atoms with van der Waals surface area (Å²) in [6.45, 7) is 1.94. The number of ether oxygens (including phenoxy) is 1. The minimum absolute atomic E-state index is 0.239. The van der Waals surface area contributed by atoms with Gasteiger partial charge in [0.25, 0.3) is 5.91 Å². The molecule has 0 aromatic rings. The SMILES string of the molecule is CCOC(=O)C1C(=O)N(C)C(=O)C2=C1CCCC2. The Labute approximate surface area is 106 Å². The summed E-state index contributed by atoms with van der Waals surface area (Å²) in [5.74, 6) is -2.14. The highest BCUT2D eigenvalue weighted by Gasteiger charge is 2.43. The quantitative estimate of drug-likeness (QED) is 0.418. The number of likely N-dealkylation sites (N-methyl/N-ethyl adjacent to an activating group) is 1. The van der Waals surface area contributed by atoms with E-state index < -0.39 is 17.8 Å². The molecular weight excluding hydrogens is 234 g/mol. The molecule has 5 nitrogen and oxygen atoms in total. The molecule has 0 aromatic heterocycles. The van der Waals surface area contributed by atoms with Gasteiger partial charge in [-0.15, -0.1) is 0 Å². The van der Waals surface area contributed by atoms with Crippen molar-refractivity contribution in [3.05, 3.63) is 11.1 Å². The van der Waals surface area contributed by atoms with Crippen LogP contribution in [0, 0.1) is 5.92 Å². The Morgan fingerprint density at radius 1 is 1.33 bits per heavy atom. The third kappa shape index (κ3) is 1.94. The summed E-state index contributed by atoms with van der Waals surface area (Å²) >= 11 is 0. The van der Waals surface area contributed by atoms with Crippen LogP contribution in [0.2, 0.25) is 0 Å². The first-order chi connectivity index (χ1) is 8.57. The van der Waals surface area contributed by atoms with Crippen molar-refractivity contribution in [2.45, 2.75) is 32.6 Å². The highest BCUT2D eigenvalue weighted by atomic mass is 16.5. The first-order valence-electron chi connectivity index (χ1n) is 6.28. The molecule has 2 amide bonds. The van der Waals surface area contributed by atoms with Crippen molar-refractivity contribution in [2.75, 3.05) is 13.7 Å². The van der Waals surface area contributed by atoms with Gasteiger partial charge in [-0.25, -0.2) is 0 Å². The van der Waals surface area contributed by atoms with Crippen molar-refractivity contribution < 1.29 is 19.1 Å². The second-order valence-corrected chi connectivity index (χ2v) is 4.60. The Bertz CT molecular complexity index is 438. The summed E-state index contributed by atoms with van der Waals surface area (Å²) in [6, 6.07) is 0. The molecule has 0 saturated heterocycles. The van der Waals surface area contributed by atoms with Gasteiger partial charge in [-0.2, -0.15) is 0 Å². The summed E-state index contributed by atoms with van der Waals surface area (Å²) in [7, 11) is 1.43. The lowest BCUT2D eigenvalue weighted by Gasteiger charge is -2.33. The van der Waals surface area contributed by atoms with Crippen LogP contribution in [0.1, 0.15) is 32.6 Å². The van der Waals surface area contributed by atoms with Crippen molar-refractivity contribution in [3.8, 4) is 0 Å². The zero-order valence-electron chi connectivity index (χ0n) is 10.7. The van der Waals surface area contributed by atoms with Gasteiger partial charge >= 0.3 is 5.97 Å². The fourth-order valence-corrected chi connectivity index (χ4v) is 2.61. The van der Waals surface area contributed by atoms with E-state index in [1.165, 1.54) is 7.05 Å². The Morgan fingerprint density at radius 2 is 2.00 bits per heavy atom. The number of rotatable bonds is 2. The van der Waals surface area contributed by atoms with Crippen molar-refractivity contribution in [1.29, 1.82) is 0 Å². The molecule has 1 aliphatic heterocycles. The van der Waals surface area contributed by atoms with E-state index in [-0.39, 0.29) is 12.5 Å². The predicted molar refractivity (Wildman–Crippen MR) is 63.4 cm³/mol. The highest BCUT2D eigenvalue weighted by molar-refractivity contribution is 6.15. The van der Waals surface area contributed by atoms with Gasteiger partial charge in [-0.05, 0) is 38.2 Å². The zero-order valence-corrected chi connectivity index (χ0v) is 10.7. The summed E-state index contributed by atoms with van der Waals surface area (Å²) in [5.41, 5.74) is 1.33. The molecule has 1 atom stereocenters. The van der Waals surface area contributed by atoms with Crippen LogP contribution in [-0.4, -0.2) is 36.3 Å². The number of esters is 1. The number of hydrogen-bond donors (Lipinski definition) is 0. The molecule has 2 aliphatic rings. The second kappa shape index (κ2) is 4.92. The summed E-state index contributed by atoms with van der Waals surface area (Å²) in [5, 5.41) is 0. The number of imide groups is 1. The van der Waals surface area contributed by atoms with E-state index in [1.807, 2.05) is 0 Å². The topological polar surface area (TPSA) is 63.7 Å². The smallest absolute Gasteiger partial charge is 0.322 e. The van der Waals surface area contributed by atoms with E-state index in [2.05, 4.69) is 0 Å². The zero-order chi connectivity index (χ0) is 13.3. The van der Waals surface area contributed by atoms with Crippen molar-refractivity contribution in [3.63, 3.8) is 0 Å². The minimum atomic E-state index is -0.900. The molecule has 2 rings (SSSR count). The fraction of sp³-hybridized carbons (Fsp3) is 0.615. The second-order valence-electron chi connectivity index (χ2n) is 4.60. The summed E-state index contributed by atoms with van der Waals surface area (Å²) in [4.78, 5) is 37.0. The molecule has 98 valence electrons. The molecule has 0 N–H and O–H groups in total. The Kier molecular flexibility index (Phi) is 3.50. The first kappa shape index (κ1) is 12.8. The van der Waals surface area contributed by atoms with Crippen molar-refractivity contribution in [2.24, 2.45) is 5.92 Å². The van der Waals surface area contributed by atoms with E-state index in [0.29, 0.717) is 24.0 Å². The predicted octanol–water partition coefficient (Wildman–Crippen LogP) is 1.03. The lowest BCUT2D eigenvalue weighted by Crippen LogP contribution is -2.48. The molecule has 0 fully saturated rings. The van der Waals surface area contributed by atoms with Gasteiger partial charge < -0.3 is 4.74 Å². The van der Waals surface area contributed by atoms with Crippen LogP contribution in [0.15, 0.2) is 11.1 Å². The van der Waals surface area contributed by atoms with E-state index in [0.717, 1.165) is 17.7 Å². The number of carbonyl (C=O) groups is 3. The Hall–Kier alpha value is -1.65. The van der Waals surface area contributed by atoms with Gasteiger partial charge in [-0.1, -0.05) is 0 Å². The maximum absolute atomic E-state index is 12.1. The normalized spacial score (nSPS) is 24.1. The van der Waals surface area contributed by atoms with Gasteiger partial charge in [-0.3, -0.25) is 19.3 Å². The van der Waals surface area contributed by atoms with Gasteiger partial charge in [0.15, 0.2) is 5.92 Å². The van der Waals surface area contributed by atoms with Crippen LogP contribution in [0.25, 0.3) is 0 Å². The van der Waals surface area contributed by atoms with Crippen LogP contribution >= 0.6 is 0 Å². The van der Waals surface area contributed by atoms with Crippen molar-refractivity contribution in [1.82, 2.24) is 4.90 Å². The molecule has 0 bridgehead atoms. The van der Waals surface area contributed by atoms with E-state index in [4.69, 9.17) is 4.74 Å². The van der Waals surface area contributed by atoms with Crippen LogP contribution < -0.4 is 0 Å². The van der Waals surface area contributed by atoms with Gasteiger partial charge in [0.2, 0.25) is 5.91 Å². The third-order valence-electron chi connectivity index (χ3n) is 3.52. The van der Waals surface area contributed by atoms with Crippen molar-refractivity contribution >= 4 is 17.8 Å². The van der Waals surface area contributed by atoms with Crippen LogP contribution in [0.5, 0.6) is 0 Å². The molecular formula is C13H17NO4. The fourth-order valence-electron chi connectivity index (χ4n) is 2.61. The Balaban J connectivity index is 2.42. The minimum Gasteiger partial charge on any atom is -0.465 e. The number of amides is 2. The molecule has 0 radical (unpaired) electrons. The molecule has 18 heavy (non-hydrogen) atoms. The van der Waals surface area contributed by atoms with Gasteiger partial charge in [0.05, 0.1) is 6.61 Å². The van der Waals surface area contributed by atoms with Crippen LogP contribution in [0.3, 0.4) is 0 Å². The molecule has 1 unspecified atom stereocenters. The molecule has 5 heteroatoms. The lowest BCUT2D eigenvalue weighted by molar-refractivity contribution is -0.156. The molecule has 0 aromatic carbocycles. The van der Waals surface area contributed by atoms with E-state index in [9.17, 15) is 14.4 Å². The average Bonchev–Trinajstić information content (AvgIpc) is 2.37. The molecule has 0 spiro atoms. The largest absolute Gasteiger partial charge is 0.465 e. The number of carbonyl (C=O) groups excluding carboxylic acids is 3. The third-order valence-corrected chi connectivity index (χ3v) is 3.52. The monoisotopic (exact) mass is 251 g/mol. The number of nitrogens with zero attached hydrogens (tertiary/aromatic N) is 1. The van der Waals surface area contributed by atoms with Crippen LogP contribution in [-0.2, 0) is 19.1 Å². The molecule has 1 heterocycles. The van der Waals surface area contributed by atoms with Crippen LogP contribution in [0.4, 0.5) is 0 Å². The first-order valence-corrected chi connectivity index (χ1v) is 6.28.